The predicted octanol–water partition coefficient (Wildman–Crippen LogP) is 0.751. The van der Waals surface area contributed by atoms with E-state index in [4.69, 9.17) is 4.74 Å². The molecule has 1 aromatic carbocycles. The fourth-order valence-electron chi connectivity index (χ4n) is 2.88. The molecule has 2 aromatic rings. The SMILES string of the molecule is CNC(=O)c1[nH]c2ccc3c(c2c1CCNC=O)CCO3. The van der Waals surface area contributed by atoms with Gasteiger partial charge in [0, 0.05) is 36.5 Å². The van der Waals surface area contributed by atoms with E-state index in [0.29, 0.717) is 31.7 Å². The third-order valence-electron chi connectivity index (χ3n) is 3.80. The van der Waals surface area contributed by atoms with Gasteiger partial charge in [-0.15, -0.1) is 0 Å². The van der Waals surface area contributed by atoms with Crippen molar-refractivity contribution in [1.82, 2.24) is 15.6 Å². The quantitative estimate of drug-likeness (QED) is 0.560. The van der Waals surface area contributed by atoms with E-state index in [1.165, 1.54) is 0 Å². The van der Waals surface area contributed by atoms with E-state index in [2.05, 4.69) is 15.6 Å². The minimum Gasteiger partial charge on any atom is -0.493 e. The van der Waals surface area contributed by atoms with Crippen LogP contribution >= 0.6 is 0 Å². The smallest absolute Gasteiger partial charge is 0.267 e. The van der Waals surface area contributed by atoms with Crippen molar-refractivity contribution in [2.75, 3.05) is 20.2 Å². The summed E-state index contributed by atoms with van der Waals surface area (Å²) >= 11 is 0. The molecule has 0 unspecified atom stereocenters. The zero-order valence-electron chi connectivity index (χ0n) is 11.8. The number of fused-ring (bicyclic) bond motifs is 3. The normalized spacial score (nSPS) is 12.8. The number of hydrogen-bond donors (Lipinski definition) is 3. The molecule has 0 saturated heterocycles. The summed E-state index contributed by atoms with van der Waals surface area (Å²) in [5.41, 5.74) is 3.56. The summed E-state index contributed by atoms with van der Waals surface area (Å²) in [4.78, 5) is 25.7. The summed E-state index contributed by atoms with van der Waals surface area (Å²) in [7, 11) is 1.61. The van der Waals surface area contributed by atoms with Crippen LogP contribution in [0, 0.1) is 0 Å². The van der Waals surface area contributed by atoms with Crippen molar-refractivity contribution in [3.63, 3.8) is 0 Å². The van der Waals surface area contributed by atoms with Gasteiger partial charge in [0.25, 0.3) is 5.91 Å². The van der Waals surface area contributed by atoms with Crippen LogP contribution in [0.5, 0.6) is 5.75 Å². The van der Waals surface area contributed by atoms with E-state index < -0.39 is 0 Å². The van der Waals surface area contributed by atoms with Gasteiger partial charge < -0.3 is 20.4 Å². The summed E-state index contributed by atoms with van der Waals surface area (Å²) < 4.78 is 5.60. The van der Waals surface area contributed by atoms with Crippen LogP contribution in [-0.2, 0) is 17.6 Å². The van der Waals surface area contributed by atoms with E-state index in [1.807, 2.05) is 12.1 Å². The van der Waals surface area contributed by atoms with Crippen molar-refractivity contribution < 1.29 is 14.3 Å². The van der Waals surface area contributed by atoms with Gasteiger partial charge in [-0.2, -0.15) is 0 Å². The van der Waals surface area contributed by atoms with E-state index in [-0.39, 0.29) is 5.91 Å². The maximum absolute atomic E-state index is 12.1. The standard InChI is InChI=1S/C15H17N3O3/c1-16-15(20)14-10(4-6-17-8-19)13-9-5-7-21-12(9)3-2-11(13)18-14/h2-3,8,18H,4-7H2,1H3,(H,16,20)(H,17,19). The van der Waals surface area contributed by atoms with Crippen LogP contribution in [0.3, 0.4) is 0 Å². The fourth-order valence-corrected chi connectivity index (χ4v) is 2.88. The number of H-pyrrole nitrogens is 1. The first kappa shape index (κ1) is 13.5. The van der Waals surface area contributed by atoms with Crippen molar-refractivity contribution in [3.05, 3.63) is 29.0 Å². The highest BCUT2D eigenvalue weighted by Gasteiger charge is 2.23. The van der Waals surface area contributed by atoms with Gasteiger partial charge in [0.1, 0.15) is 11.4 Å². The number of ether oxygens (including phenoxy) is 1. The van der Waals surface area contributed by atoms with Gasteiger partial charge in [0.05, 0.1) is 6.61 Å². The lowest BCUT2D eigenvalue weighted by atomic mass is 10.0. The fraction of sp³-hybridized carbons (Fsp3) is 0.333. The van der Waals surface area contributed by atoms with E-state index in [0.717, 1.165) is 34.2 Å². The number of nitrogens with one attached hydrogen (secondary N) is 3. The van der Waals surface area contributed by atoms with Gasteiger partial charge in [0.2, 0.25) is 6.41 Å². The molecule has 21 heavy (non-hydrogen) atoms. The van der Waals surface area contributed by atoms with Gasteiger partial charge in [-0.3, -0.25) is 9.59 Å². The van der Waals surface area contributed by atoms with E-state index in [9.17, 15) is 9.59 Å². The van der Waals surface area contributed by atoms with E-state index >= 15 is 0 Å². The molecule has 2 heterocycles. The highest BCUT2D eigenvalue weighted by molar-refractivity contribution is 6.02. The van der Waals surface area contributed by atoms with Crippen LogP contribution in [0.4, 0.5) is 0 Å². The number of aromatic nitrogens is 1. The number of hydrogen-bond acceptors (Lipinski definition) is 3. The van der Waals surface area contributed by atoms with Crippen LogP contribution in [0.2, 0.25) is 0 Å². The average Bonchev–Trinajstić information content (AvgIpc) is 3.10. The lowest BCUT2D eigenvalue weighted by molar-refractivity contribution is -0.109. The molecule has 1 aromatic heterocycles. The molecular formula is C15H17N3O3. The molecule has 0 fully saturated rings. The maximum atomic E-state index is 12.1. The van der Waals surface area contributed by atoms with Crippen LogP contribution in [0.25, 0.3) is 10.9 Å². The molecule has 6 heteroatoms. The number of carbonyl (C=O) groups is 2. The van der Waals surface area contributed by atoms with Crippen LogP contribution in [0.1, 0.15) is 21.6 Å². The first-order valence-electron chi connectivity index (χ1n) is 6.94. The number of benzene rings is 1. The van der Waals surface area contributed by atoms with Gasteiger partial charge in [-0.05, 0) is 24.1 Å². The minimum absolute atomic E-state index is 0.153. The Balaban J connectivity index is 2.15. The van der Waals surface area contributed by atoms with Gasteiger partial charge >= 0.3 is 0 Å². The zero-order chi connectivity index (χ0) is 14.8. The molecule has 110 valence electrons. The van der Waals surface area contributed by atoms with Gasteiger partial charge in [-0.25, -0.2) is 0 Å². The summed E-state index contributed by atoms with van der Waals surface area (Å²) in [6.45, 7) is 1.16. The van der Waals surface area contributed by atoms with Crippen molar-refractivity contribution >= 4 is 23.2 Å². The Morgan fingerprint density at radius 1 is 1.48 bits per heavy atom. The van der Waals surface area contributed by atoms with Crippen molar-refractivity contribution in [3.8, 4) is 5.75 Å². The van der Waals surface area contributed by atoms with Crippen LogP contribution in [0.15, 0.2) is 12.1 Å². The summed E-state index contributed by atoms with van der Waals surface area (Å²) in [5.74, 6) is 0.731. The first-order valence-corrected chi connectivity index (χ1v) is 6.94. The van der Waals surface area contributed by atoms with E-state index in [1.54, 1.807) is 7.05 Å². The van der Waals surface area contributed by atoms with Gasteiger partial charge in [0.15, 0.2) is 0 Å². The van der Waals surface area contributed by atoms with Crippen molar-refractivity contribution in [1.29, 1.82) is 0 Å². The molecule has 0 saturated carbocycles. The molecule has 1 aliphatic rings. The molecule has 6 nitrogen and oxygen atoms in total. The Kier molecular flexibility index (Phi) is 3.51. The Bertz CT molecular complexity index is 706. The molecular weight excluding hydrogens is 270 g/mol. The topological polar surface area (TPSA) is 83.2 Å². The predicted molar refractivity (Wildman–Crippen MR) is 78.7 cm³/mol. The largest absolute Gasteiger partial charge is 0.493 e. The molecule has 0 bridgehead atoms. The highest BCUT2D eigenvalue weighted by Crippen LogP contribution is 2.36. The monoisotopic (exact) mass is 287 g/mol. The first-order chi connectivity index (χ1) is 10.3. The highest BCUT2D eigenvalue weighted by atomic mass is 16.5. The average molecular weight is 287 g/mol. The van der Waals surface area contributed by atoms with Crippen molar-refractivity contribution in [2.24, 2.45) is 0 Å². The third-order valence-corrected chi connectivity index (χ3v) is 3.80. The number of amides is 2. The summed E-state index contributed by atoms with van der Waals surface area (Å²) in [6.07, 6.45) is 2.10. The number of rotatable bonds is 5. The molecule has 3 N–H and O–H groups in total. The Labute approximate surface area is 121 Å². The molecule has 0 aliphatic carbocycles. The second-order valence-corrected chi connectivity index (χ2v) is 4.94. The third kappa shape index (κ3) is 2.22. The second kappa shape index (κ2) is 5.47. The number of carbonyl (C=O) groups excluding carboxylic acids is 2. The lowest BCUT2D eigenvalue weighted by Crippen LogP contribution is -2.21. The molecule has 1 aliphatic heterocycles. The Morgan fingerprint density at radius 3 is 3.10 bits per heavy atom. The van der Waals surface area contributed by atoms with Crippen LogP contribution < -0.4 is 15.4 Å². The summed E-state index contributed by atoms with van der Waals surface area (Å²) in [6, 6.07) is 3.87. The Hall–Kier alpha value is -2.50. The van der Waals surface area contributed by atoms with Crippen LogP contribution in [-0.4, -0.2) is 37.5 Å². The second-order valence-electron chi connectivity index (χ2n) is 4.94. The lowest BCUT2D eigenvalue weighted by Gasteiger charge is -2.06. The molecule has 0 atom stereocenters. The van der Waals surface area contributed by atoms with Crippen molar-refractivity contribution in [2.45, 2.75) is 12.8 Å². The van der Waals surface area contributed by atoms with Gasteiger partial charge in [-0.1, -0.05) is 0 Å². The molecule has 0 radical (unpaired) electrons. The molecule has 0 spiro atoms. The molecule has 2 amide bonds. The minimum atomic E-state index is -0.153. The maximum Gasteiger partial charge on any atom is 0.267 e. The zero-order valence-corrected chi connectivity index (χ0v) is 11.8. The summed E-state index contributed by atoms with van der Waals surface area (Å²) in [5, 5.41) is 6.35. The molecule has 3 rings (SSSR count). The number of aromatic amines is 1. The Morgan fingerprint density at radius 2 is 2.33 bits per heavy atom.